The van der Waals surface area contributed by atoms with Gasteiger partial charge in [0, 0.05) is 29.2 Å². The van der Waals surface area contributed by atoms with E-state index in [4.69, 9.17) is 11.6 Å². The molecule has 4 nitrogen and oxygen atoms in total. The Bertz CT molecular complexity index is 1070. The average Bonchev–Trinajstić information content (AvgIpc) is 2.75. The molecule has 1 aliphatic rings. The fourth-order valence-corrected chi connectivity index (χ4v) is 3.79. The number of nitrogens with one attached hydrogen (secondary N) is 1. The Kier molecular flexibility index (Phi) is 5.36. The average molecular weight is 405 g/mol. The molecule has 1 aliphatic heterocycles. The SMILES string of the molecule is Cc1ccc(NC(=O)[C@@H]2Cc3ccccc3CN2C(=O)c2ccccc2)cc1Cl. The van der Waals surface area contributed by atoms with Crippen LogP contribution in [0.25, 0.3) is 0 Å². The number of carbonyl (C=O) groups is 2. The number of rotatable bonds is 3. The van der Waals surface area contributed by atoms with Gasteiger partial charge in [-0.1, -0.05) is 60.1 Å². The van der Waals surface area contributed by atoms with E-state index in [1.54, 1.807) is 23.1 Å². The summed E-state index contributed by atoms with van der Waals surface area (Å²) >= 11 is 6.19. The molecule has 0 spiro atoms. The summed E-state index contributed by atoms with van der Waals surface area (Å²) in [5, 5.41) is 3.52. The fraction of sp³-hybridized carbons (Fsp3) is 0.167. The van der Waals surface area contributed by atoms with Gasteiger partial charge in [-0.25, -0.2) is 0 Å². The molecule has 0 saturated carbocycles. The monoisotopic (exact) mass is 404 g/mol. The van der Waals surface area contributed by atoms with Crippen molar-refractivity contribution in [3.05, 3.63) is 100 Å². The summed E-state index contributed by atoms with van der Waals surface area (Å²) in [5.74, 6) is -0.370. The van der Waals surface area contributed by atoms with Gasteiger partial charge in [-0.15, -0.1) is 0 Å². The van der Waals surface area contributed by atoms with Crippen molar-refractivity contribution in [3.8, 4) is 0 Å². The molecule has 0 aromatic heterocycles. The van der Waals surface area contributed by atoms with E-state index in [0.717, 1.165) is 16.7 Å². The summed E-state index contributed by atoms with van der Waals surface area (Å²) in [6, 6.07) is 21.8. The van der Waals surface area contributed by atoms with E-state index in [9.17, 15) is 9.59 Å². The van der Waals surface area contributed by atoms with Crippen LogP contribution in [0.3, 0.4) is 0 Å². The van der Waals surface area contributed by atoms with E-state index < -0.39 is 6.04 Å². The molecule has 1 atom stereocenters. The predicted octanol–water partition coefficient (Wildman–Crippen LogP) is 4.85. The predicted molar refractivity (Wildman–Crippen MR) is 115 cm³/mol. The highest BCUT2D eigenvalue weighted by molar-refractivity contribution is 6.31. The summed E-state index contributed by atoms with van der Waals surface area (Å²) in [5.41, 5.74) is 4.29. The van der Waals surface area contributed by atoms with E-state index in [0.29, 0.717) is 29.2 Å². The number of amides is 2. The molecule has 2 amide bonds. The van der Waals surface area contributed by atoms with Gasteiger partial charge in [0.25, 0.3) is 5.91 Å². The first-order valence-corrected chi connectivity index (χ1v) is 9.90. The number of aryl methyl sites for hydroxylation is 1. The Balaban J connectivity index is 1.64. The first-order valence-electron chi connectivity index (χ1n) is 9.53. The Hall–Kier alpha value is -3.11. The second kappa shape index (κ2) is 8.10. The van der Waals surface area contributed by atoms with Gasteiger partial charge in [-0.05, 0) is 47.9 Å². The van der Waals surface area contributed by atoms with E-state index >= 15 is 0 Å². The third-order valence-electron chi connectivity index (χ3n) is 5.27. The maximum atomic E-state index is 13.2. The van der Waals surface area contributed by atoms with Crippen molar-refractivity contribution in [3.63, 3.8) is 0 Å². The van der Waals surface area contributed by atoms with Crippen LogP contribution in [-0.4, -0.2) is 22.8 Å². The van der Waals surface area contributed by atoms with Gasteiger partial charge in [0.05, 0.1) is 0 Å². The zero-order chi connectivity index (χ0) is 20.4. The maximum Gasteiger partial charge on any atom is 0.254 e. The molecule has 0 saturated heterocycles. The minimum Gasteiger partial charge on any atom is -0.324 e. The third-order valence-corrected chi connectivity index (χ3v) is 5.68. The van der Waals surface area contributed by atoms with Crippen molar-refractivity contribution < 1.29 is 9.59 Å². The molecule has 0 unspecified atom stereocenters. The molecule has 0 radical (unpaired) electrons. The third kappa shape index (κ3) is 4.03. The molecule has 1 heterocycles. The van der Waals surface area contributed by atoms with Gasteiger partial charge in [0.15, 0.2) is 0 Å². The van der Waals surface area contributed by atoms with E-state index in [1.165, 1.54) is 0 Å². The summed E-state index contributed by atoms with van der Waals surface area (Å²) in [7, 11) is 0. The first kappa shape index (κ1) is 19.2. The topological polar surface area (TPSA) is 49.4 Å². The number of carbonyl (C=O) groups excluding carboxylic acids is 2. The van der Waals surface area contributed by atoms with Crippen LogP contribution in [0.2, 0.25) is 5.02 Å². The highest BCUT2D eigenvalue weighted by Gasteiger charge is 2.35. The maximum absolute atomic E-state index is 13.2. The van der Waals surface area contributed by atoms with E-state index in [1.807, 2.05) is 61.5 Å². The van der Waals surface area contributed by atoms with E-state index in [2.05, 4.69) is 5.32 Å². The minimum atomic E-state index is -0.599. The molecule has 29 heavy (non-hydrogen) atoms. The molecular formula is C24H21ClN2O2. The van der Waals surface area contributed by atoms with Gasteiger partial charge in [-0.3, -0.25) is 9.59 Å². The Morgan fingerprint density at radius 3 is 2.38 bits per heavy atom. The Morgan fingerprint density at radius 1 is 0.966 bits per heavy atom. The number of benzene rings is 3. The van der Waals surface area contributed by atoms with Crippen molar-refractivity contribution in [1.82, 2.24) is 4.90 Å². The normalized spacial score (nSPS) is 15.5. The second-order valence-corrected chi connectivity index (χ2v) is 7.65. The van der Waals surface area contributed by atoms with Crippen LogP contribution in [0.1, 0.15) is 27.0 Å². The van der Waals surface area contributed by atoms with Crippen LogP contribution in [0.4, 0.5) is 5.69 Å². The second-order valence-electron chi connectivity index (χ2n) is 7.24. The standard InChI is InChI=1S/C24H21ClN2O2/c1-16-11-12-20(14-21(16)25)26-23(28)22-13-18-9-5-6-10-19(18)15-27(22)24(29)17-7-3-2-4-8-17/h2-12,14,22H,13,15H2,1H3,(H,26,28)/t22-/m0/s1. The molecule has 5 heteroatoms. The summed E-state index contributed by atoms with van der Waals surface area (Å²) < 4.78 is 0. The van der Waals surface area contributed by atoms with Gasteiger partial charge in [-0.2, -0.15) is 0 Å². The summed E-state index contributed by atoms with van der Waals surface area (Å²) in [6.07, 6.45) is 0.472. The number of anilines is 1. The van der Waals surface area contributed by atoms with Gasteiger partial charge in [0.1, 0.15) is 6.04 Å². The highest BCUT2D eigenvalue weighted by Crippen LogP contribution is 2.27. The number of fused-ring (bicyclic) bond motifs is 1. The molecule has 0 fully saturated rings. The zero-order valence-corrected chi connectivity index (χ0v) is 16.8. The molecule has 3 aromatic rings. The first-order chi connectivity index (χ1) is 14.0. The van der Waals surface area contributed by atoms with Crippen LogP contribution in [0, 0.1) is 6.92 Å². The van der Waals surface area contributed by atoms with Crippen LogP contribution < -0.4 is 5.32 Å². The molecule has 0 bridgehead atoms. The Morgan fingerprint density at radius 2 is 1.66 bits per heavy atom. The number of hydrogen-bond acceptors (Lipinski definition) is 2. The van der Waals surface area contributed by atoms with Crippen LogP contribution in [0.15, 0.2) is 72.8 Å². The molecular weight excluding hydrogens is 384 g/mol. The van der Waals surface area contributed by atoms with Gasteiger partial charge in [0.2, 0.25) is 5.91 Å². The number of hydrogen-bond donors (Lipinski definition) is 1. The molecule has 3 aromatic carbocycles. The van der Waals surface area contributed by atoms with Crippen molar-refractivity contribution >= 4 is 29.1 Å². The molecule has 0 aliphatic carbocycles. The largest absolute Gasteiger partial charge is 0.324 e. The Labute approximate surface area is 175 Å². The summed E-state index contributed by atoms with van der Waals surface area (Å²) in [6.45, 7) is 2.31. The minimum absolute atomic E-state index is 0.151. The zero-order valence-electron chi connectivity index (χ0n) is 16.1. The number of nitrogens with zero attached hydrogens (tertiary/aromatic N) is 1. The fourth-order valence-electron chi connectivity index (χ4n) is 3.61. The lowest BCUT2D eigenvalue weighted by Gasteiger charge is -2.36. The lowest BCUT2D eigenvalue weighted by molar-refractivity contribution is -0.121. The lowest BCUT2D eigenvalue weighted by atomic mass is 9.92. The van der Waals surface area contributed by atoms with Crippen molar-refractivity contribution in [2.24, 2.45) is 0 Å². The summed E-state index contributed by atoms with van der Waals surface area (Å²) in [4.78, 5) is 28.0. The molecule has 4 rings (SSSR count). The smallest absolute Gasteiger partial charge is 0.254 e. The van der Waals surface area contributed by atoms with Crippen LogP contribution in [0.5, 0.6) is 0 Å². The lowest BCUT2D eigenvalue weighted by Crippen LogP contribution is -2.50. The quantitative estimate of drug-likeness (QED) is 0.678. The van der Waals surface area contributed by atoms with Crippen LogP contribution in [-0.2, 0) is 17.8 Å². The van der Waals surface area contributed by atoms with Gasteiger partial charge < -0.3 is 10.2 Å². The molecule has 1 N–H and O–H groups in total. The van der Waals surface area contributed by atoms with Crippen LogP contribution >= 0.6 is 11.6 Å². The molecule has 146 valence electrons. The number of halogens is 1. The van der Waals surface area contributed by atoms with Crippen molar-refractivity contribution in [2.75, 3.05) is 5.32 Å². The van der Waals surface area contributed by atoms with E-state index in [-0.39, 0.29) is 11.8 Å². The van der Waals surface area contributed by atoms with Gasteiger partial charge >= 0.3 is 0 Å². The van der Waals surface area contributed by atoms with Crippen molar-refractivity contribution in [2.45, 2.75) is 25.9 Å². The highest BCUT2D eigenvalue weighted by atomic mass is 35.5. The van der Waals surface area contributed by atoms with Crippen molar-refractivity contribution in [1.29, 1.82) is 0 Å².